The van der Waals surface area contributed by atoms with Gasteiger partial charge in [0.05, 0.1) is 13.1 Å². The highest BCUT2D eigenvalue weighted by Gasteiger charge is 2.56. The fourth-order valence-electron chi connectivity index (χ4n) is 4.86. The largest absolute Gasteiger partial charge is 0.460 e. The number of piperidine rings is 1. The van der Waals surface area contributed by atoms with Gasteiger partial charge in [0.15, 0.2) is 0 Å². The van der Waals surface area contributed by atoms with Crippen molar-refractivity contribution in [3.05, 3.63) is 54.3 Å². The van der Waals surface area contributed by atoms with Gasteiger partial charge in [-0.1, -0.05) is 18.2 Å². The van der Waals surface area contributed by atoms with E-state index in [9.17, 15) is 0 Å². The maximum Gasteiger partial charge on any atom is 0.134 e. The van der Waals surface area contributed by atoms with Crippen molar-refractivity contribution >= 4 is 11.0 Å². The summed E-state index contributed by atoms with van der Waals surface area (Å²) in [6.45, 7) is 7.19. The molecule has 1 aliphatic heterocycles. The molecule has 3 heterocycles. The van der Waals surface area contributed by atoms with Crippen LogP contribution in [0.25, 0.3) is 11.0 Å². The molecule has 2 aromatic heterocycles. The zero-order valence-electron chi connectivity index (χ0n) is 16.0. The summed E-state index contributed by atoms with van der Waals surface area (Å²) in [7, 11) is 0. The average Bonchev–Trinajstić information content (AvgIpc) is 3.05. The molecule has 1 aromatic carbocycles. The number of rotatable bonds is 6. The molecule has 2 aliphatic rings. The molecule has 3 aromatic rings. The third-order valence-electron chi connectivity index (χ3n) is 6.51. The summed E-state index contributed by atoms with van der Waals surface area (Å²) in [5, 5.41) is 4.71. The maximum atomic E-state index is 6.15. The molecule has 1 atom stereocenters. The molecular formula is C22H28N4O. The van der Waals surface area contributed by atoms with Crippen molar-refractivity contribution < 1.29 is 4.42 Å². The lowest BCUT2D eigenvalue weighted by Crippen LogP contribution is -2.36. The summed E-state index contributed by atoms with van der Waals surface area (Å²) in [6, 6.07) is 11.1. The Morgan fingerprint density at radius 1 is 1.26 bits per heavy atom. The van der Waals surface area contributed by atoms with Gasteiger partial charge in [-0.2, -0.15) is 0 Å². The molecular weight excluding hydrogens is 336 g/mol. The summed E-state index contributed by atoms with van der Waals surface area (Å²) in [5.41, 5.74) is 1.48. The van der Waals surface area contributed by atoms with Gasteiger partial charge in [0, 0.05) is 30.4 Å². The van der Waals surface area contributed by atoms with Gasteiger partial charge in [-0.15, -0.1) is 0 Å². The Hall–Kier alpha value is -2.11. The molecule has 0 bridgehead atoms. The fourth-order valence-corrected chi connectivity index (χ4v) is 4.86. The van der Waals surface area contributed by atoms with Crippen LogP contribution in [0, 0.1) is 5.41 Å². The summed E-state index contributed by atoms with van der Waals surface area (Å²) in [5.74, 6) is 2.21. The van der Waals surface area contributed by atoms with Gasteiger partial charge in [-0.3, -0.25) is 4.90 Å². The molecule has 0 radical (unpaired) electrons. The molecule has 5 rings (SSSR count). The Morgan fingerprint density at radius 2 is 2.11 bits per heavy atom. The average molecular weight is 364 g/mol. The molecule has 0 unspecified atom stereocenters. The number of hydrogen-bond donors (Lipinski definition) is 1. The predicted octanol–water partition coefficient (Wildman–Crippen LogP) is 3.79. The molecule has 0 amide bonds. The van der Waals surface area contributed by atoms with Gasteiger partial charge >= 0.3 is 0 Å². The number of para-hydroxylation sites is 1. The zero-order valence-corrected chi connectivity index (χ0v) is 16.0. The third kappa shape index (κ3) is 3.19. The Labute approximate surface area is 160 Å². The lowest BCUT2D eigenvalue weighted by Gasteiger charge is -2.29. The smallest absolute Gasteiger partial charge is 0.134 e. The van der Waals surface area contributed by atoms with Crippen molar-refractivity contribution in [2.45, 2.75) is 51.9 Å². The molecule has 1 spiro atoms. The number of imidazole rings is 1. The lowest BCUT2D eigenvalue weighted by atomic mass is 9.93. The number of aromatic nitrogens is 2. The molecule has 27 heavy (non-hydrogen) atoms. The summed E-state index contributed by atoms with van der Waals surface area (Å²) >= 11 is 0. The second-order valence-electron chi connectivity index (χ2n) is 8.12. The third-order valence-corrected chi connectivity index (χ3v) is 6.51. The first kappa shape index (κ1) is 17.0. The van der Waals surface area contributed by atoms with Gasteiger partial charge in [-0.05, 0) is 56.8 Å². The first-order valence-corrected chi connectivity index (χ1v) is 10.2. The van der Waals surface area contributed by atoms with E-state index in [-0.39, 0.29) is 0 Å². The van der Waals surface area contributed by atoms with Gasteiger partial charge in [0.2, 0.25) is 0 Å². The van der Waals surface area contributed by atoms with Gasteiger partial charge in [0.1, 0.15) is 17.2 Å². The Kier molecular flexibility index (Phi) is 4.29. The molecule has 142 valence electrons. The minimum Gasteiger partial charge on any atom is -0.460 e. The van der Waals surface area contributed by atoms with Crippen LogP contribution in [-0.4, -0.2) is 33.6 Å². The quantitative estimate of drug-likeness (QED) is 0.723. The molecule has 1 saturated carbocycles. The Balaban J connectivity index is 1.41. The molecule has 2 fully saturated rings. The van der Waals surface area contributed by atoms with Gasteiger partial charge < -0.3 is 14.3 Å². The summed E-state index contributed by atoms with van der Waals surface area (Å²) < 4.78 is 8.40. The number of aryl methyl sites for hydroxylation is 1. The van der Waals surface area contributed by atoms with E-state index in [0.29, 0.717) is 11.5 Å². The zero-order chi connectivity index (χ0) is 18.3. The minimum absolute atomic E-state index is 0.501. The number of hydrogen-bond acceptors (Lipinski definition) is 4. The van der Waals surface area contributed by atoms with Crippen LogP contribution in [0.15, 0.2) is 47.1 Å². The van der Waals surface area contributed by atoms with Crippen molar-refractivity contribution in [3.63, 3.8) is 0 Å². The van der Waals surface area contributed by atoms with E-state index < -0.39 is 0 Å². The van der Waals surface area contributed by atoms with Crippen LogP contribution in [-0.2, 0) is 19.6 Å². The standard InChI is InChI=1S/C22H28N4O/c1-2-25-12-11-24-21(25)16-26(20-14-22(20)7-9-23-10-8-22)15-18-13-17-5-3-4-6-19(17)27-18/h3-6,11-13,20,23H,2,7-10,14-16H2,1H3/t20-/m1/s1. The Bertz CT molecular complexity index is 888. The lowest BCUT2D eigenvalue weighted by molar-refractivity contribution is 0.172. The summed E-state index contributed by atoms with van der Waals surface area (Å²) in [6.07, 6.45) is 7.89. The van der Waals surface area contributed by atoms with Crippen molar-refractivity contribution in [1.29, 1.82) is 0 Å². The van der Waals surface area contributed by atoms with E-state index in [1.807, 2.05) is 12.3 Å². The topological polar surface area (TPSA) is 46.2 Å². The molecule has 5 heteroatoms. The van der Waals surface area contributed by atoms with Crippen LogP contribution in [0.3, 0.4) is 0 Å². The molecule has 5 nitrogen and oxygen atoms in total. The van der Waals surface area contributed by atoms with E-state index in [0.717, 1.165) is 49.9 Å². The molecule has 1 N–H and O–H groups in total. The fraction of sp³-hybridized carbons (Fsp3) is 0.500. The maximum absolute atomic E-state index is 6.15. The van der Waals surface area contributed by atoms with Gasteiger partial charge in [0.25, 0.3) is 0 Å². The van der Waals surface area contributed by atoms with Crippen molar-refractivity contribution in [2.75, 3.05) is 13.1 Å². The minimum atomic E-state index is 0.501. The predicted molar refractivity (Wildman–Crippen MR) is 106 cm³/mol. The van der Waals surface area contributed by atoms with Crippen LogP contribution >= 0.6 is 0 Å². The van der Waals surface area contributed by atoms with Crippen LogP contribution in [0.2, 0.25) is 0 Å². The first-order chi connectivity index (χ1) is 13.3. The number of benzene rings is 1. The number of fused-ring (bicyclic) bond motifs is 1. The van der Waals surface area contributed by atoms with Crippen LogP contribution < -0.4 is 5.32 Å². The van der Waals surface area contributed by atoms with Crippen molar-refractivity contribution in [2.24, 2.45) is 5.41 Å². The second-order valence-corrected chi connectivity index (χ2v) is 8.12. The van der Waals surface area contributed by atoms with E-state index >= 15 is 0 Å². The van der Waals surface area contributed by atoms with Crippen molar-refractivity contribution in [3.8, 4) is 0 Å². The number of nitrogens with one attached hydrogen (secondary N) is 1. The number of nitrogens with zero attached hydrogens (tertiary/aromatic N) is 3. The first-order valence-electron chi connectivity index (χ1n) is 10.2. The van der Waals surface area contributed by atoms with E-state index in [1.165, 1.54) is 24.6 Å². The van der Waals surface area contributed by atoms with Crippen LogP contribution in [0.5, 0.6) is 0 Å². The highest BCUT2D eigenvalue weighted by Crippen LogP contribution is 2.56. The SMILES string of the molecule is CCn1ccnc1CN(Cc1cc2ccccc2o1)[C@@H]1CC12CCNCC2. The van der Waals surface area contributed by atoms with Crippen molar-refractivity contribution in [1.82, 2.24) is 19.8 Å². The highest BCUT2D eigenvalue weighted by atomic mass is 16.3. The molecule has 1 aliphatic carbocycles. The highest BCUT2D eigenvalue weighted by molar-refractivity contribution is 5.77. The van der Waals surface area contributed by atoms with Crippen LogP contribution in [0.4, 0.5) is 0 Å². The molecule has 1 saturated heterocycles. The van der Waals surface area contributed by atoms with E-state index in [4.69, 9.17) is 4.42 Å². The Morgan fingerprint density at radius 3 is 2.93 bits per heavy atom. The number of furan rings is 1. The van der Waals surface area contributed by atoms with Crippen LogP contribution in [0.1, 0.15) is 37.8 Å². The van der Waals surface area contributed by atoms with E-state index in [2.05, 4.69) is 57.2 Å². The normalized spacial score (nSPS) is 21.3. The monoisotopic (exact) mass is 364 g/mol. The van der Waals surface area contributed by atoms with Gasteiger partial charge in [-0.25, -0.2) is 4.98 Å². The van der Waals surface area contributed by atoms with E-state index in [1.54, 1.807) is 0 Å². The second kappa shape index (κ2) is 6.80. The summed E-state index contributed by atoms with van der Waals surface area (Å²) in [4.78, 5) is 7.24.